The number of carbonyl (C=O) groups is 1. The molecule has 7 nitrogen and oxygen atoms in total. The first-order valence-corrected chi connectivity index (χ1v) is 15.8. The summed E-state index contributed by atoms with van der Waals surface area (Å²) in [7, 11) is -3.59. The van der Waals surface area contributed by atoms with Crippen LogP contribution >= 0.6 is 0 Å². The highest BCUT2D eigenvalue weighted by Crippen LogP contribution is 2.69. The van der Waals surface area contributed by atoms with E-state index in [0.29, 0.717) is 29.6 Å². The summed E-state index contributed by atoms with van der Waals surface area (Å²) in [5.41, 5.74) is 0.472. The molecular formula is C27H47NO6S. The van der Waals surface area contributed by atoms with Gasteiger partial charge in [-0.2, -0.15) is 0 Å². The zero-order chi connectivity index (χ0) is 25.6. The third-order valence-corrected chi connectivity index (χ3v) is 11.6. The molecule has 0 aliphatic heterocycles. The van der Waals surface area contributed by atoms with E-state index in [1.807, 2.05) is 4.72 Å². The number of nitrogens with one attached hydrogen (secondary N) is 1. The summed E-state index contributed by atoms with van der Waals surface area (Å²) in [5, 5.41) is 22.2. The molecule has 0 aromatic carbocycles. The van der Waals surface area contributed by atoms with Crippen molar-refractivity contribution in [3.63, 3.8) is 0 Å². The van der Waals surface area contributed by atoms with E-state index in [-0.39, 0.29) is 35.6 Å². The van der Waals surface area contributed by atoms with Crippen molar-refractivity contribution in [3.05, 3.63) is 0 Å². The van der Waals surface area contributed by atoms with E-state index in [9.17, 15) is 23.4 Å². The van der Waals surface area contributed by atoms with Crippen molar-refractivity contribution in [1.29, 1.82) is 0 Å². The van der Waals surface area contributed by atoms with Crippen molar-refractivity contribution < 1.29 is 28.2 Å². The number of hydrogen-bond donors (Lipinski definition) is 3. The summed E-state index contributed by atoms with van der Waals surface area (Å²) in [6.45, 7) is 7.38. The summed E-state index contributed by atoms with van der Waals surface area (Å²) < 4.78 is 29.1. The SMILES string of the molecule is CC[C@H]1[C@@H](O)[C@@H]2[C@H](CC[C@]3(C)[C@@H](CCCCOC(=O)NS(C)(=O)=O)CC[C@@H]23)[C@@]2(C)CC[C@@H](O)C[C@@H]12. The predicted molar refractivity (Wildman–Crippen MR) is 135 cm³/mol. The number of amides is 1. The van der Waals surface area contributed by atoms with Crippen LogP contribution in [0.25, 0.3) is 0 Å². The van der Waals surface area contributed by atoms with Crippen LogP contribution in [0, 0.1) is 46.3 Å². The van der Waals surface area contributed by atoms with Crippen LogP contribution in [0.5, 0.6) is 0 Å². The fourth-order valence-corrected chi connectivity index (χ4v) is 9.74. The largest absolute Gasteiger partial charge is 0.449 e. The van der Waals surface area contributed by atoms with Crippen molar-refractivity contribution in [2.75, 3.05) is 12.9 Å². The van der Waals surface area contributed by atoms with Crippen molar-refractivity contribution >= 4 is 16.1 Å². The van der Waals surface area contributed by atoms with Crippen molar-refractivity contribution in [2.45, 2.75) is 104 Å². The zero-order valence-electron chi connectivity index (χ0n) is 22.0. The van der Waals surface area contributed by atoms with Gasteiger partial charge >= 0.3 is 6.09 Å². The van der Waals surface area contributed by atoms with E-state index in [1.54, 1.807) is 0 Å². The highest BCUT2D eigenvalue weighted by atomic mass is 32.2. The van der Waals surface area contributed by atoms with Gasteiger partial charge in [-0.1, -0.05) is 27.2 Å². The number of sulfonamides is 1. The molecule has 0 aromatic rings. The average molecular weight is 514 g/mol. The molecule has 0 aromatic heterocycles. The molecule has 4 fully saturated rings. The summed E-state index contributed by atoms with van der Waals surface area (Å²) in [4.78, 5) is 11.5. The number of fused-ring (bicyclic) bond motifs is 5. The molecule has 202 valence electrons. The van der Waals surface area contributed by atoms with E-state index in [1.165, 1.54) is 25.7 Å². The molecule has 3 N–H and O–H groups in total. The van der Waals surface area contributed by atoms with Crippen LogP contribution in [-0.2, 0) is 14.8 Å². The van der Waals surface area contributed by atoms with E-state index in [2.05, 4.69) is 20.8 Å². The lowest BCUT2D eigenvalue weighted by Crippen LogP contribution is -2.62. The van der Waals surface area contributed by atoms with E-state index < -0.39 is 16.1 Å². The summed E-state index contributed by atoms with van der Waals surface area (Å²) >= 11 is 0. The van der Waals surface area contributed by atoms with Crippen LogP contribution in [0.4, 0.5) is 4.79 Å². The van der Waals surface area contributed by atoms with Crippen LogP contribution in [0.3, 0.4) is 0 Å². The number of carbonyl (C=O) groups excluding carboxylic acids is 1. The van der Waals surface area contributed by atoms with Crippen LogP contribution < -0.4 is 4.72 Å². The smallest absolute Gasteiger partial charge is 0.420 e. The average Bonchev–Trinajstić information content (AvgIpc) is 3.10. The quantitative estimate of drug-likeness (QED) is 0.433. The van der Waals surface area contributed by atoms with Gasteiger partial charge < -0.3 is 14.9 Å². The molecule has 0 spiro atoms. The Bertz CT molecular complexity index is 879. The molecule has 8 heteroatoms. The summed E-state index contributed by atoms with van der Waals surface area (Å²) in [6.07, 6.45) is 10.9. The first kappa shape index (κ1) is 27.2. The molecule has 0 bridgehead atoms. The van der Waals surface area contributed by atoms with Gasteiger partial charge in [-0.3, -0.25) is 0 Å². The van der Waals surface area contributed by atoms with E-state index >= 15 is 0 Å². The zero-order valence-corrected chi connectivity index (χ0v) is 22.9. The number of aliphatic hydroxyl groups is 2. The fraction of sp³-hybridized carbons (Fsp3) is 0.963. The highest BCUT2D eigenvalue weighted by molar-refractivity contribution is 7.89. The van der Waals surface area contributed by atoms with E-state index in [0.717, 1.165) is 51.2 Å². The standard InChI is InChI=1S/C27H47NO6S/c1-5-19-22-16-18(29)11-13-27(22,3)21-12-14-26(2)17(9-10-20(26)23(21)24(19)30)8-6-7-15-34-25(31)28-35(4,32)33/h17-24,29-30H,5-16H2,1-4H3,(H,28,31)/t17-,18+,19+,20-,21-,22-,23-,24+,26+,27+/m0/s1. The molecule has 0 saturated heterocycles. The molecule has 4 saturated carbocycles. The molecule has 0 unspecified atom stereocenters. The number of hydrogen-bond acceptors (Lipinski definition) is 6. The van der Waals surface area contributed by atoms with E-state index in [4.69, 9.17) is 4.74 Å². The Labute approximate surface area is 211 Å². The molecule has 35 heavy (non-hydrogen) atoms. The lowest BCUT2D eigenvalue weighted by molar-refractivity contribution is -0.202. The maximum atomic E-state index is 11.8. The fourth-order valence-electron chi connectivity index (χ4n) is 9.38. The van der Waals surface area contributed by atoms with Crippen LogP contribution in [0.2, 0.25) is 0 Å². The van der Waals surface area contributed by atoms with Gasteiger partial charge in [0.05, 0.1) is 25.1 Å². The monoisotopic (exact) mass is 513 g/mol. The van der Waals surface area contributed by atoms with Gasteiger partial charge in [-0.05, 0) is 111 Å². The maximum Gasteiger partial charge on any atom is 0.420 e. The highest BCUT2D eigenvalue weighted by Gasteiger charge is 2.64. The van der Waals surface area contributed by atoms with Crippen LogP contribution in [-0.4, -0.2) is 49.8 Å². The number of rotatable bonds is 7. The Balaban J connectivity index is 1.38. The van der Waals surface area contributed by atoms with Gasteiger partial charge in [0.2, 0.25) is 10.0 Å². The molecule has 10 atom stereocenters. The van der Waals surface area contributed by atoms with Crippen molar-refractivity contribution in [1.82, 2.24) is 4.72 Å². The molecule has 0 heterocycles. The third-order valence-electron chi connectivity index (χ3n) is 11.0. The first-order valence-electron chi connectivity index (χ1n) is 13.9. The van der Waals surface area contributed by atoms with Gasteiger partial charge in [-0.25, -0.2) is 17.9 Å². The predicted octanol–water partition coefficient (Wildman–Crippen LogP) is 4.47. The van der Waals surface area contributed by atoms with Gasteiger partial charge in [0.25, 0.3) is 0 Å². The van der Waals surface area contributed by atoms with Crippen molar-refractivity contribution in [3.8, 4) is 0 Å². The minimum atomic E-state index is -3.59. The first-order chi connectivity index (χ1) is 16.4. The van der Waals surface area contributed by atoms with Gasteiger partial charge in [-0.15, -0.1) is 0 Å². The van der Waals surface area contributed by atoms with Crippen LogP contribution in [0.1, 0.15) is 91.4 Å². The normalized spacial score (nSPS) is 45.2. The van der Waals surface area contributed by atoms with Crippen molar-refractivity contribution in [2.24, 2.45) is 46.3 Å². The van der Waals surface area contributed by atoms with Gasteiger partial charge in [0.1, 0.15) is 0 Å². The molecule has 0 radical (unpaired) electrons. The number of ether oxygens (including phenoxy) is 1. The third kappa shape index (κ3) is 5.13. The van der Waals surface area contributed by atoms with Gasteiger partial charge in [0, 0.05) is 0 Å². The Hall–Kier alpha value is -0.860. The molecular weight excluding hydrogens is 466 g/mol. The topological polar surface area (TPSA) is 113 Å². The number of aliphatic hydroxyl groups excluding tert-OH is 2. The molecule has 1 amide bonds. The second-order valence-electron chi connectivity index (χ2n) is 12.7. The minimum absolute atomic E-state index is 0.211. The lowest BCUT2D eigenvalue weighted by atomic mass is 9.41. The molecule has 4 aliphatic carbocycles. The van der Waals surface area contributed by atoms with Gasteiger partial charge in [0.15, 0.2) is 0 Å². The Morgan fingerprint density at radius 1 is 1.00 bits per heavy atom. The Morgan fingerprint density at radius 2 is 1.69 bits per heavy atom. The number of unbranched alkanes of at least 4 members (excludes halogenated alkanes) is 1. The minimum Gasteiger partial charge on any atom is -0.449 e. The lowest BCUT2D eigenvalue weighted by Gasteiger charge is -2.64. The van der Waals surface area contributed by atoms with Crippen LogP contribution in [0.15, 0.2) is 0 Å². The second kappa shape index (κ2) is 10.1. The maximum absolute atomic E-state index is 11.8. The second-order valence-corrected chi connectivity index (χ2v) is 14.5. The Morgan fingerprint density at radius 3 is 2.37 bits per heavy atom. The molecule has 4 rings (SSSR count). The Kier molecular flexibility index (Phi) is 7.87. The molecule has 4 aliphatic rings. The summed E-state index contributed by atoms with van der Waals surface area (Å²) in [5.74, 6) is 2.79. The summed E-state index contributed by atoms with van der Waals surface area (Å²) in [6, 6.07) is 0.